The monoisotopic (exact) mass is 363 g/mol. The van der Waals surface area contributed by atoms with Crippen molar-refractivity contribution in [1.82, 2.24) is 15.1 Å². The predicted molar refractivity (Wildman–Crippen MR) is 107 cm³/mol. The Bertz CT molecular complexity index is 870. The highest BCUT2D eigenvalue weighted by Crippen LogP contribution is 2.25. The molecule has 1 N–H and O–H groups in total. The van der Waals surface area contributed by atoms with Gasteiger partial charge in [0.2, 0.25) is 0 Å². The summed E-state index contributed by atoms with van der Waals surface area (Å²) in [7, 11) is 1.63. The second-order valence-corrected chi connectivity index (χ2v) is 6.36. The van der Waals surface area contributed by atoms with Crippen molar-refractivity contribution in [1.29, 1.82) is 0 Å². The van der Waals surface area contributed by atoms with E-state index in [1.807, 2.05) is 54.6 Å². The molecule has 0 bridgehead atoms. The van der Waals surface area contributed by atoms with E-state index < -0.39 is 0 Å². The van der Waals surface area contributed by atoms with Gasteiger partial charge in [0.05, 0.1) is 18.4 Å². The molecule has 0 unspecified atom stereocenters. The van der Waals surface area contributed by atoms with Crippen LogP contribution in [0.1, 0.15) is 36.5 Å². The summed E-state index contributed by atoms with van der Waals surface area (Å²) in [4.78, 5) is 12.8. The van der Waals surface area contributed by atoms with Gasteiger partial charge in [-0.2, -0.15) is 5.10 Å². The zero-order valence-electron chi connectivity index (χ0n) is 15.8. The second kappa shape index (κ2) is 9.03. The van der Waals surface area contributed by atoms with E-state index >= 15 is 0 Å². The summed E-state index contributed by atoms with van der Waals surface area (Å²) >= 11 is 0. The van der Waals surface area contributed by atoms with E-state index in [0.29, 0.717) is 17.8 Å². The highest BCUT2D eigenvalue weighted by molar-refractivity contribution is 5.99. The number of amides is 1. The van der Waals surface area contributed by atoms with Gasteiger partial charge >= 0.3 is 0 Å². The molecule has 1 aromatic heterocycles. The molecule has 2 aromatic carbocycles. The molecule has 0 aliphatic heterocycles. The number of methoxy groups -OCH3 is 1. The number of nitrogens with one attached hydrogen (secondary N) is 1. The van der Waals surface area contributed by atoms with Crippen LogP contribution in [0, 0.1) is 0 Å². The summed E-state index contributed by atoms with van der Waals surface area (Å²) in [5, 5.41) is 7.70. The SMILES string of the molecule is CCCCCNC(=O)c1cn(-c2ccccc2)nc1-c1ccc(OC)cc1. The fourth-order valence-corrected chi connectivity index (χ4v) is 2.89. The van der Waals surface area contributed by atoms with Crippen molar-refractivity contribution in [3.05, 3.63) is 66.4 Å². The summed E-state index contributed by atoms with van der Waals surface area (Å²) in [5.74, 6) is 0.672. The molecule has 0 saturated carbocycles. The Morgan fingerprint density at radius 2 is 1.81 bits per heavy atom. The lowest BCUT2D eigenvalue weighted by Crippen LogP contribution is -2.24. The number of carbonyl (C=O) groups excluding carboxylic acids is 1. The summed E-state index contributed by atoms with van der Waals surface area (Å²) in [6.07, 6.45) is 5.00. The van der Waals surface area contributed by atoms with E-state index in [0.717, 1.165) is 36.3 Å². The molecule has 5 heteroatoms. The maximum Gasteiger partial charge on any atom is 0.255 e. The molecule has 27 heavy (non-hydrogen) atoms. The molecule has 0 spiro atoms. The number of ether oxygens (including phenoxy) is 1. The zero-order valence-corrected chi connectivity index (χ0v) is 15.8. The van der Waals surface area contributed by atoms with E-state index in [2.05, 4.69) is 17.3 Å². The van der Waals surface area contributed by atoms with Gasteiger partial charge in [-0.3, -0.25) is 4.79 Å². The summed E-state index contributed by atoms with van der Waals surface area (Å²) in [6.45, 7) is 2.82. The van der Waals surface area contributed by atoms with Gasteiger partial charge in [-0.1, -0.05) is 38.0 Å². The maximum absolute atomic E-state index is 12.8. The second-order valence-electron chi connectivity index (χ2n) is 6.36. The van der Waals surface area contributed by atoms with Crippen LogP contribution in [0.2, 0.25) is 0 Å². The van der Waals surface area contributed by atoms with Crippen LogP contribution in [0.5, 0.6) is 5.75 Å². The highest BCUT2D eigenvalue weighted by Gasteiger charge is 2.18. The average molecular weight is 363 g/mol. The zero-order chi connectivity index (χ0) is 19.1. The van der Waals surface area contributed by atoms with Crippen molar-refractivity contribution in [3.8, 4) is 22.7 Å². The molecule has 3 rings (SSSR count). The largest absolute Gasteiger partial charge is 0.497 e. The molecule has 0 aliphatic rings. The lowest BCUT2D eigenvalue weighted by molar-refractivity contribution is 0.0953. The van der Waals surface area contributed by atoms with Gasteiger partial charge in [0, 0.05) is 18.3 Å². The van der Waals surface area contributed by atoms with Gasteiger partial charge in [-0.25, -0.2) is 4.68 Å². The van der Waals surface area contributed by atoms with Gasteiger partial charge in [0.1, 0.15) is 11.4 Å². The van der Waals surface area contributed by atoms with Crippen molar-refractivity contribution < 1.29 is 9.53 Å². The minimum atomic E-state index is -0.0981. The highest BCUT2D eigenvalue weighted by atomic mass is 16.5. The standard InChI is InChI=1S/C22H25N3O2/c1-3-4-8-15-23-22(26)20-16-25(18-9-6-5-7-10-18)24-21(20)17-11-13-19(27-2)14-12-17/h5-7,9-14,16H,3-4,8,15H2,1-2H3,(H,23,26). The van der Waals surface area contributed by atoms with E-state index in [1.54, 1.807) is 18.0 Å². The average Bonchev–Trinajstić information content (AvgIpc) is 3.17. The first kappa shape index (κ1) is 18.7. The van der Waals surface area contributed by atoms with Crippen molar-refractivity contribution >= 4 is 5.91 Å². The number of hydrogen-bond donors (Lipinski definition) is 1. The van der Waals surface area contributed by atoms with Crippen molar-refractivity contribution in [3.63, 3.8) is 0 Å². The van der Waals surface area contributed by atoms with Crippen LogP contribution >= 0.6 is 0 Å². The first-order valence-corrected chi connectivity index (χ1v) is 9.30. The topological polar surface area (TPSA) is 56.2 Å². The molecular weight excluding hydrogens is 338 g/mol. The van der Waals surface area contributed by atoms with Gasteiger partial charge in [-0.15, -0.1) is 0 Å². The first-order valence-electron chi connectivity index (χ1n) is 9.30. The minimum Gasteiger partial charge on any atom is -0.497 e. The molecule has 0 aliphatic carbocycles. The van der Waals surface area contributed by atoms with E-state index in [4.69, 9.17) is 4.74 Å². The molecule has 1 amide bonds. The third kappa shape index (κ3) is 4.56. The Kier molecular flexibility index (Phi) is 6.26. The van der Waals surface area contributed by atoms with Crippen LogP contribution < -0.4 is 10.1 Å². The molecule has 3 aromatic rings. The fraction of sp³-hybridized carbons (Fsp3) is 0.273. The molecule has 0 fully saturated rings. The van der Waals surface area contributed by atoms with E-state index in [1.165, 1.54) is 0 Å². The summed E-state index contributed by atoms with van der Waals surface area (Å²) in [5.41, 5.74) is 3.02. The number of benzene rings is 2. The normalized spacial score (nSPS) is 10.6. The van der Waals surface area contributed by atoms with Crippen molar-refractivity contribution in [2.24, 2.45) is 0 Å². The number of hydrogen-bond acceptors (Lipinski definition) is 3. The Balaban J connectivity index is 1.93. The smallest absolute Gasteiger partial charge is 0.255 e. The van der Waals surface area contributed by atoms with E-state index in [9.17, 15) is 4.79 Å². The Morgan fingerprint density at radius 3 is 2.48 bits per heavy atom. The molecule has 1 heterocycles. The van der Waals surface area contributed by atoms with Gasteiger partial charge < -0.3 is 10.1 Å². The number of para-hydroxylation sites is 1. The lowest BCUT2D eigenvalue weighted by atomic mass is 10.1. The third-order valence-electron chi connectivity index (χ3n) is 4.41. The Labute approximate surface area is 160 Å². The minimum absolute atomic E-state index is 0.0981. The van der Waals surface area contributed by atoms with Gasteiger partial charge in [0.15, 0.2) is 0 Å². The van der Waals surface area contributed by atoms with Gasteiger partial charge in [-0.05, 0) is 42.8 Å². The third-order valence-corrected chi connectivity index (χ3v) is 4.41. The van der Waals surface area contributed by atoms with E-state index in [-0.39, 0.29) is 5.91 Å². The number of nitrogens with zero attached hydrogens (tertiary/aromatic N) is 2. The molecule has 0 saturated heterocycles. The van der Waals surface area contributed by atoms with Gasteiger partial charge in [0.25, 0.3) is 5.91 Å². The number of unbranched alkanes of at least 4 members (excludes halogenated alkanes) is 2. The molecule has 0 radical (unpaired) electrons. The first-order chi connectivity index (χ1) is 13.2. The lowest BCUT2D eigenvalue weighted by Gasteiger charge is -2.06. The van der Waals surface area contributed by atoms with Crippen LogP contribution in [0.25, 0.3) is 16.9 Å². The van der Waals surface area contributed by atoms with Crippen LogP contribution in [0.15, 0.2) is 60.8 Å². The van der Waals surface area contributed by atoms with Crippen molar-refractivity contribution in [2.45, 2.75) is 26.2 Å². The maximum atomic E-state index is 12.8. The van der Waals surface area contributed by atoms with Crippen LogP contribution in [-0.4, -0.2) is 29.3 Å². The van der Waals surface area contributed by atoms with Crippen molar-refractivity contribution in [2.75, 3.05) is 13.7 Å². The summed E-state index contributed by atoms with van der Waals surface area (Å²) < 4.78 is 6.98. The number of rotatable bonds is 8. The molecule has 0 atom stereocenters. The molecular formula is C22H25N3O2. The molecule has 140 valence electrons. The van der Waals surface area contributed by atoms with Crippen LogP contribution in [0.3, 0.4) is 0 Å². The quantitative estimate of drug-likeness (QED) is 0.601. The van der Waals surface area contributed by atoms with Crippen LogP contribution in [0.4, 0.5) is 0 Å². The number of carbonyl (C=O) groups is 1. The number of aromatic nitrogens is 2. The fourth-order valence-electron chi connectivity index (χ4n) is 2.89. The molecule has 5 nitrogen and oxygen atoms in total. The van der Waals surface area contributed by atoms with Crippen LogP contribution in [-0.2, 0) is 0 Å². The summed E-state index contributed by atoms with van der Waals surface area (Å²) in [6, 6.07) is 17.4. The predicted octanol–water partition coefficient (Wildman–Crippen LogP) is 4.47. The Morgan fingerprint density at radius 1 is 1.07 bits per heavy atom. The Hall–Kier alpha value is -3.08.